The average molecular weight is 273 g/mol. The summed E-state index contributed by atoms with van der Waals surface area (Å²) < 4.78 is 5.01. The van der Waals surface area contributed by atoms with Crippen molar-refractivity contribution in [2.24, 2.45) is 11.5 Å². The van der Waals surface area contributed by atoms with Crippen molar-refractivity contribution in [2.75, 3.05) is 6.61 Å². The standard InChI is InChI=1S/C12H23N3O4/c1-3-4-7-19-12(18)9(5-6-10(14)16)15-11(17)8(2)13/h8-9H,3-7,13H2,1-2H3,(H2,14,16)(H,15,17)/t8-,9+/m0/s1. The fourth-order valence-corrected chi connectivity index (χ4v) is 1.26. The Balaban J connectivity index is 4.42. The van der Waals surface area contributed by atoms with E-state index in [9.17, 15) is 14.4 Å². The lowest BCUT2D eigenvalue weighted by atomic mass is 10.1. The minimum absolute atomic E-state index is 0.00717. The van der Waals surface area contributed by atoms with E-state index in [4.69, 9.17) is 16.2 Å². The summed E-state index contributed by atoms with van der Waals surface area (Å²) in [5.41, 5.74) is 10.4. The van der Waals surface area contributed by atoms with Crippen molar-refractivity contribution in [2.45, 2.75) is 51.6 Å². The Morgan fingerprint density at radius 1 is 1.32 bits per heavy atom. The van der Waals surface area contributed by atoms with Gasteiger partial charge in [0.2, 0.25) is 11.8 Å². The van der Waals surface area contributed by atoms with E-state index in [1.807, 2.05) is 6.92 Å². The number of esters is 1. The van der Waals surface area contributed by atoms with Crippen LogP contribution in [0.1, 0.15) is 39.5 Å². The molecule has 0 radical (unpaired) electrons. The van der Waals surface area contributed by atoms with Crippen LogP contribution in [0.2, 0.25) is 0 Å². The smallest absolute Gasteiger partial charge is 0.328 e. The van der Waals surface area contributed by atoms with Crippen LogP contribution in [0.4, 0.5) is 0 Å². The maximum atomic E-state index is 11.8. The van der Waals surface area contributed by atoms with Gasteiger partial charge in [0.05, 0.1) is 12.6 Å². The number of nitrogens with one attached hydrogen (secondary N) is 1. The van der Waals surface area contributed by atoms with Gasteiger partial charge >= 0.3 is 5.97 Å². The van der Waals surface area contributed by atoms with E-state index >= 15 is 0 Å². The van der Waals surface area contributed by atoms with Crippen molar-refractivity contribution in [1.82, 2.24) is 5.32 Å². The largest absolute Gasteiger partial charge is 0.464 e. The molecular formula is C12H23N3O4. The molecule has 7 nitrogen and oxygen atoms in total. The Kier molecular flexibility index (Phi) is 8.52. The van der Waals surface area contributed by atoms with Crippen molar-refractivity contribution in [3.05, 3.63) is 0 Å². The molecule has 0 aromatic carbocycles. The molecule has 0 saturated carbocycles. The molecule has 0 bridgehead atoms. The zero-order chi connectivity index (χ0) is 14.8. The summed E-state index contributed by atoms with van der Waals surface area (Å²) in [6, 6.07) is -1.62. The summed E-state index contributed by atoms with van der Waals surface area (Å²) in [5, 5.41) is 2.45. The summed E-state index contributed by atoms with van der Waals surface area (Å²) in [7, 11) is 0. The summed E-state index contributed by atoms with van der Waals surface area (Å²) in [6.45, 7) is 3.76. The fourth-order valence-electron chi connectivity index (χ4n) is 1.26. The molecule has 0 aliphatic heterocycles. The third-order valence-electron chi connectivity index (χ3n) is 2.44. The van der Waals surface area contributed by atoms with Crippen LogP contribution in [0.5, 0.6) is 0 Å². The van der Waals surface area contributed by atoms with E-state index in [1.165, 1.54) is 6.92 Å². The lowest BCUT2D eigenvalue weighted by Gasteiger charge is -2.18. The number of ether oxygens (including phenoxy) is 1. The molecule has 2 atom stereocenters. The lowest BCUT2D eigenvalue weighted by molar-refractivity contribution is -0.148. The van der Waals surface area contributed by atoms with Gasteiger partial charge in [-0.15, -0.1) is 0 Å². The number of amides is 2. The number of carbonyl (C=O) groups excluding carboxylic acids is 3. The van der Waals surface area contributed by atoms with E-state index in [2.05, 4.69) is 5.32 Å². The SMILES string of the molecule is CCCCOC(=O)[C@@H](CCC(N)=O)NC(=O)[C@H](C)N. The van der Waals surface area contributed by atoms with E-state index in [-0.39, 0.29) is 19.4 Å². The molecule has 0 aromatic rings. The molecule has 0 aliphatic carbocycles. The van der Waals surface area contributed by atoms with Gasteiger partial charge in [0.15, 0.2) is 0 Å². The van der Waals surface area contributed by atoms with E-state index < -0.39 is 29.9 Å². The monoisotopic (exact) mass is 273 g/mol. The molecule has 7 heteroatoms. The highest BCUT2D eigenvalue weighted by Gasteiger charge is 2.23. The highest BCUT2D eigenvalue weighted by atomic mass is 16.5. The summed E-state index contributed by atoms with van der Waals surface area (Å²) in [4.78, 5) is 34.0. The van der Waals surface area contributed by atoms with Crippen molar-refractivity contribution >= 4 is 17.8 Å². The molecule has 0 spiro atoms. The van der Waals surface area contributed by atoms with Crippen LogP contribution in [0.25, 0.3) is 0 Å². The van der Waals surface area contributed by atoms with Crippen molar-refractivity contribution in [3.8, 4) is 0 Å². The number of primary amides is 1. The molecule has 0 aromatic heterocycles. The minimum Gasteiger partial charge on any atom is -0.464 e. The van der Waals surface area contributed by atoms with Gasteiger partial charge in [-0.2, -0.15) is 0 Å². The molecule has 0 heterocycles. The molecule has 0 rings (SSSR count). The predicted molar refractivity (Wildman–Crippen MR) is 69.9 cm³/mol. The van der Waals surface area contributed by atoms with Crippen LogP contribution in [-0.4, -0.2) is 36.5 Å². The van der Waals surface area contributed by atoms with Gasteiger partial charge in [0.1, 0.15) is 6.04 Å². The van der Waals surface area contributed by atoms with Crippen LogP contribution in [0, 0.1) is 0 Å². The van der Waals surface area contributed by atoms with Crippen LogP contribution in [-0.2, 0) is 19.1 Å². The maximum Gasteiger partial charge on any atom is 0.328 e. The second-order valence-corrected chi connectivity index (χ2v) is 4.38. The van der Waals surface area contributed by atoms with Crippen molar-refractivity contribution < 1.29 is 19.1 Å². The first-order chi connectivity index (χ1) is 8.88. The first kappa shape index (κ1) is 17.4. The van der Waals surface area contributed by atoms with Gasteiger partial charge in [-0.1, -0.05) is 13.3 Å². The number of hydrogen-bond acceptors (Lipinski definition) is 5. The summed E-state index contributed by atoms with van der Waals surface area (Å²) in [6.07, 6.45) is 1.74. The quantitative estimate of drug-likeness (QED) is 0.383. The second-order valence-electron chi connectivity index (χ2n) is 4.38. The van der Waals surface area contributed by atoms with Gasteiger partial charge in [0, 0.05) is 6.42 Å². The van der Waals surface area contributed by atoms with E-state index in [0.29, 0.717) is 0 Å². The van der Waals surface area contributed by atoms with Crippen LogP contribution < -0.4 is 16.8 Å². The highest BCUT2D eigenvalue weighted by Crippen LogP contribution is 2.02. The fraction of sp³-hybridized carbons (Fsp3) is 0.750. The third-order valence-corrected chi connectivity index (χ3v) is 2.44. The van der Waals surface area contributed by atoms with Crippen LogP contribution >= 0.6 is 0 Å². The van der Waals surface area contributed by atoms with Crippen LogP contribution in [0.3, 0.4) is 0 Å². The molecule has 0 saturated heterocycles. The van der Waals surface area contributed by atoms with Gasteiger partial charge in [-0.05, 0) is 19.8 Å². The van der Waals surface area contributed by atoms with Crippen molar-refractivity contribution in [3.63, 3.8) is 0 Å². The third kappa shape index (κ3) is 8.15. The lowest BCUT2D eigenvalue weighted by Crippen LogP contribution is -2.48. The molecule has 0 fully saturated rings. The Hall–Kier alpha value is -1.63. The molecule has 5 N–H and O–H groups in total. The maximum absolute atomic E-state index is 11.8. The van der Waals surface area contributed by atoms with Gasteiger partial charge in [0.25, 0.3) is 0 Å². The normalized spacial score (nSPS) is 13.4. The average Bonchev–Trinajstić information content (AvgIpc) is 2.33. The summed E-state index contributed by atoms with van der Waals surface area (Å²) in [5.74, 6) is -1.58. The van der Waals surface area contributed by atoms with Crippen LogP contribution in [0.15, 0.2) is 0 Å². The number of rotatable bonds is 9. The number of hydrogen-bond donors (Lipinski definition) is 3. The first-order valence-corrected chi connectivity index (χ1v) is 6.39. The Morgan fingerprint density at radius 2 is 1.95 bits per heavy atom. The molecule has 19 heavy (non-hydrogen) atoms. The second kappa shape index (κ2) is 9.32. The Bertz CT molecular complexity index is 318. The molecule has 0 aliphatic rings. The van der Waals surface area contributed by atoms with Gasteiger partial charge < -0.3 is 21.5 Å². The topological polar surface area (TPSA) is 125 Å². The number of carbonyl (C=O) groups is 3. The zero-order valence-corrected chi connectivity index (χ0v) is 11.5. The number of nitrogens with two attached hydrogens (primary N) is 2. The van der Waals surface area contributed by atoms with Crippen molar-refractivity contribution in [1.29, 1.82) is 0 Å². The van der Waals surface area contributed by atoms with E-state index in [1.54, 1.807) is 0 Å². The first-order valence-electron chi connectivity index (χ1n) is 6.39. The molecular weight excluding hydrogens is 250 g/mol. The predicted octanol–water partition coefficient (Wildman–Crippen LogP) is -0.573. The zero-order valence-electron chi connectivity index (χ0n) is 11.5. The van der Waals surface area contributed by atoms with Gasteiger partial charge in [-0.25, -0.2) is 4.79 Å². The Morgan fingerprint density at radius 3 is 2.42 bits per heavy atom. The molecule has 0 unspecified atom stereocenters. The van der Waals surface area contributed by atoms with E-state index in [0.717, 1.165) is 12.8 Å². The Labute approximate surface area is 113 Å². The summed E-state index contributed by atoms with van der Waals surface area (Å²) >= 11 is 0. The highest BCUT2D eigenvalue weighted by molar-refractivity contribution is 5.87. The molecule has 110 valence electrons. The molecule has 2 amide bonds. The van der Waals surface area contributed by atoms with Gasteiger partial charge in [-0.3, -0.25) is 9.59 Å². The number of unbranched alkanes of at least 4 members (excludes halogenated alkanes) is 1. The minimum atomic E-state index is -0.886.